The Bertz CT molecular complexity index is 2160. The van der Waals surface area contributed by atoms with Gasteiger partial charge in [-0.15, -0.1) is 22.7 Å². The summed E-state index contributed by atoms with van der Waals surface area (Å²) in [5, 5.41) is 0. The molecule has 4 aromatic rings. The van der Waals surface area contributed by atoms with Crippen molar-refractivity contribution in [1.82, 2.24) is 9.80 Å². The molecule has 0 spiro atoms. The van der Waals surface area contributed by atoms with Gasteiger partial charge in [-0.25, -0.2) is 0 Å². The van der Waals surface area contributed by atoms with Crippen molar-refractivity contribution in [3.8, 4) is 20.4 Å². The van der Waals surface area contributed by atoms with Crippen LogP contribution in [0.2, 0.25) is 0 Å². The summed E-state index contributed by atoms with van der Waals surface area (Å²) >= 11 is 3.57. The molecular formula is C54H76N2O4S2. The molecule has 0 fully saturated rings. The summed E-state index contributed by atoms with van der Waals surface area (Å²) in [6.45, 7) is 23.3. The van der Waals surface area contributed by atoms with Crippen molar-refractivity contribution in [1.29, 1.82) is 0 Å². The van der Waals surface area contributed by atoms with Crippen LogP contribution in [0.15, 0.2) is 68.5 Å². The number of hydrogen-bond donors (Lipinski definition) is 0. The van der Waals surface area contributed by atoms with E-state index < -0.39 is 0 Å². The number of unbranched alkanes of at least 4 members (excludes halogenated alkanes) is 8. The number of nitrogens with zero attached hydrogens (tertiary/aromatic N) is 2. The van der Waals surface area contributed by atoms with Crippen LogP contribution in [0.1, 0.15) is 194 Å². The van der Waals surface area contributed by atoms with Gasteiger partial charge < -0.3 is 18.6 Å². The Morgan fingerprint density at radius 1 is 0.484 bits per heavy atom. The number of furan rings is 2. The molecule has 6 rings (SSSR count). The van der Waals surface area contributed by atoms with Gasteiger partial charge in [-0.3, -0.25) is 9.59 Å². The maximum atomic E-state index is 15.4. The minimum atomic E-state index is -0.232. The highest BCUT2D eigenvalue weighted by atomic mass is 32.1. The SMILES string of the molecule is CCCCCCC(CCCC)CN1C(=O)C2=C(c3ccc(C(C)(C)C)o3)N(CC(CCCC)CCCCCC)C(=O)C2=C1c1ccc(-c2ccc(-c3ccc(C(C)(C)C)s3)s2)o1. The number of rotatable bonds is 24. The van der Waals surface area contributed by atoms with Crippen LogP contribution in [0.25, 0.3) is 31.8 Å². The minimum absolute atomic E-state index is 0.0980. The van der Waals surface area contributed by atoms with Crippen LogP contribution in [0, 0.1) is 11.8 Å². The Morgan fingerprint density at radius 2 is 0.935 bits per heavy atom. The first-order valence-electron chi connectivity index (χ1n) is 24.2. The van der Waals surface area contributed by atoms with E-state index in [9.17, 15) is 0 Å². The topological polar surface area (TPSA) is 66.9 Å². The summed E-state index contributed by atoms with van der Waals surface area (Å²) in [7, 11) is 0. The first-order chi connectivity index (χ1) is 29.7. The number of carbonyl (C=O) groups is 2. The maximum absolute atomic E-state index is 15.4. The Labute approximate surface area is 382 Å². The van der Waals surface area contributed by atoms with E-state index in [1.807, 2.05) is 45.4 Å². The number of fused-ring (bicyclic) bond motifs is 1. The molecule has 0 N–H and O–H groups in total. The summed E-state index contributed by atoms with van der Waals surface area (Å²) in [6.07, 6.45) is 18.2. The van der Waals surface area contributed by atoms with Gasteiger partial charge in [0.05, 0.1) is 16.0 Å². The highest BCUT2D eigenvalue weighted by molar-refractivity contribution is 7.23. The Balaban J connectivity index is 1.46. The predicted octanol–water partition coefficient (Wildman–Crippen LogP) is 16.3. The van der Waals surface area contributed by atoms with E-state index in [0.29, 0.717) is 59.0 Å². The van der Waals surface area contributed by atoms with E-state index in [2.05, 4.69) is 93.5 Å². The van der Waals surface area contributed by atoms with Crippen molar-refractivity contribution in [3.05, 3.63) is 81.8 Å². The lowest BCUT2D eigenvalue weighted by atomic mass is 9.94. The van der Waals surface area contributed by atoms with E-state index >= 15 is 9.59 Å². The lowest BCUT2D eigenvalue weighted by Crippen LogP contribution is -2.34. The molecule has 0 saturated heterocycles. The minimum Gasteiger partial charge on any atom is -0.459 e. The normalized spacial score (nSPS) is 15.8. The van der Waals surface area contributed by atoms with Gasteiger partial charge in [0.25, 0.3) is 11.8 Å². The molecule has 2 aliphatic rings. The van der Waals surface area contributed by atoms with E-state index in [1.54, 1.807) is 11.3 Å². The molecular weight excluding hydrogens is 805 g/mol. The Morgan fingerprint density at radius 3 is 1.42 bits per heavy atom. The van der Waals surface area contributed by atoms with Gasteiger partial charge in [-0.1, -0.05) is 146 Å². The van der Waals surface area contributed by atoms with Gasteiger partial charge in [-0.05, 0) is 91.5 Å². The molecule has 0 aliphatic carbocycles. The number of hydrogen-bond acceptors (Lipinski definition) is 6. The molecule has 2 amide bonds. The fourth-order valence-corrected chi connectivity index (χ4v) is 11.2. The van der Waals surface area contributed by atoms with Gasteiger partial charge in [0.2, 0.25) is 0 Å². The number of carbonyl (C=O) groups excluding carboxylic acids is 2. The third kappa shape index (κ3) is 11.2. The van der Waals surface area contributed by atoms with E-state index in [0.717, 1.165) is 80.6 Å². The van der Waals surface area contributed by atoms with Crippen molar-refractivity contribution in [3.63, 3.8) is 0 Å². The van der Waals surface area contributed by atoms with Crippen LogP contribution in [-0.2, 0) is 20.4 Å². The molecule has 0 saturated carbocycles. The standard InChI is InChI=1S/C54H76N2O4S2/c1-11-15-19-21-25-37(23-17-13-3)35-55-49(40-28-27-39(59-40)42-30-31-43(61-42)44-32-34-46(62-44)54(8,9)10)47-48(52(55)58)50(41-29-33-45(60-41)53(5,6)7)56(51(47)57)36-38(24-18-14-4)26-22-20-16-12-2/h27-34,37-38H,11-26,35-36H2,1-10H3. The summed E-state index contributed by atoms with van der Waals surface area (Å²) in [6, 6.07) is 16.8. The third-order valence-electron chi connectivity index (χ3n) is 12.8. The van der Waals surface area contributed by atoms with Crippen LogP contribution in [0.5, 0.6) is 0 Å². The monoisotopic (exact) mass is 881 g/mol. The quantitative estimate of drug-likeness (QED) is 0.0658. The maximum Gasteiger partial charge on any atom is 0.261 e. The van der Waals surface area contributed by atoms with Gasteiger partial charge in [-0.2, -0.15) is 0 Å². The largest absolute Gasteiger partial charge is 0.459 e. The van der Waals surface area contributed by atoms with Crippen LogP contribution in [-0.4, -0.2) is 34.7 Å². The van der Waals surface area contributed by atoms with Gasteiger partial charge in [0.15, 0.2) is 11.5 Å². The van der Waals surface area contributed by atoms with Crippen molar-refractivity contribution < 1.29 is 18.4 Å². The average molecular weight is 881 g/mol. The van der Waals surface area contributed by atoms with Crippen LogP contribution in [0.4, 0.5) is 0 Å². The molecule has 0 bridgehead atoms. The van der Waals surface area contributed by atoms with Gasteiger partial charge >= 0.3 is 0 Å². The third-order valence-corrected chi connectivity index (χ3v) is 15.6. The lowest BCUT2D eigenvalue weighted by Gasteiger charge is -2.29. The zero-order valence-corrected chi connectivity index (χ0v) is 41.5. The number of thiophene rings is 2. The second-order valence-corrected chi connectivity index (χ2v) is 22.3. The van der Waals surface area contributed by atoms with Gasteiger partial charge in [0.1, 0.15) is 22.9 Å². The fourth-order valence-electron chi connectivity index (χ4n) is 9.07. The molecule has 8 heteroatoms. The first-order valence-corrected chi connectivity index (χ1v) is 25.9. The van der Waals surface area contributed by atoms with Gasteiger partial charge in [0, 0.05) is 33.1 Å². The number of amides is 2. The van der Waals surface area contributed by atoms with Crippen molar-refractivity contribution in [2.45, 2.75) is 183 Å². The van der Waals surface area contributed by atoms with Crippen molar-refractivity contribution in [2.75, 3.05) is 13.1 Å². The molecule has 6 heterocycles. The predicted molar refractivity (Wildman–Crippen MR) is 262 cm³/mol. The molecule has 2 atom stereocenters. The van der Waals surface area contributed by atoms with Crippen LogP contribution in [0.3, 0.4) is 0 Å². The molecule has 0 radical (unpaired) electrons. The highest BCUT2D eigenvalue weighted by Crippen LogP contribution is 2.49. The first kappa shape index (κ1) is 47.8. The second-order valence-electron chi connectivity index (χ2n) is 20.1. The molecule has 2 aliphatic heterocycles. The molecule has 6 nitrogen and oxygen atoms in total. The summed E-state index contributed by atoms with van der Waals surface area (Å²) in [4.78, 5) is 39.5. The Kier molecular flexibility index (Phi) is 16.5. The molecule has 0 aromatic carbocycles. The van der Waals surface area contributed by atoms with Crippen LogP contribution < -0.4 is 0 Å². The summed E-state index contributed by atoms with van der Waals surface area (Å²) in [5.41, 5.74) is 2.07. The smallest absolute Gasteiger partial charge is 0.261 e. The fraction of sp³-hybridized carbons (Fsp3) is 0.593. The summed E-state index contributed by atoms with van der Waals surface area (Å²) < 4.78 is 13.5. The zero-order valence-electron chi connectivity index (χ0n) is 39.8. The lowest BCUT2D eigenvalue weighted by molar-refractivity contribution is -0.124. The molecule has 62 heavy (non-hydrogen) atoms. The Hall–Kier alpha value is -3.62. The highest BCUT2D eigenvalue weighted by Gasteiger charge is 2.51. The summed E-state index contributed by atoms with van der Waals surface area (Å²) in [5.74, 6) is 3.18. The van der Waals surface area contributed by atoms with E-state index in [-0.39, 0.29) is 22.6 Å². The van der Waals surface area contributed by atoms with Crippen molar-refractivity contribution >= 4 is 45.9 Å². The van der Waals surface area contributed by atoms with E-state index in [4.69, 9.17) is 8.83 Å². The molecule has 2 unspecified atom stereocenters. The molecule has 338 valence electrons. The molecule has 4 aromatic heterocycles. The second kappa shape index (κ2) is 21.4. The average Bonchev–Trinajstić information content (AvgIpc) is 4.09. The van der Waals surface area contributed by atoms with Crippen LogP contribution >= 0.6 is 22.7 Å². The zero-order chi connectivity index (χ0) is 44.6. The van der Waals surface area contributed by atoms with Crippen molar-refractivity contribution in [2.24, 2.45) is 11.8 Å². The van der Waals surface area contributed by atoms with E-state index in [1.165, 1.54) is 53.2 Å².